The number of anilines is 1. The summed E-state index contributed by atoms with van der Waals surface area (Å²) in [6, 6.07) is 7.30. The number of pyridine rings is 1. The zero-order chi connectivity index (χ0) is 21.4. The third-order valence-electron chi connectivity index (χ3n) is 6.27. The van der Waals surface area contributed by atoms with E-state index >= 15 is 0 Å². The molecule has 152 valence electrons. The molecule has 3 saturated heterocycles. The first-order valence-electron chi connectivity index (χ1n) is 9.99. The minimum Gasteiger partial charge on any atom is -0.334 e. The molecule has 0 spiro atoms. The number of fused-ring (bicyclic) bond motifs is 6. The number of rotatable bonds is 1. The number of amides is 4. The minimum atomic E-state index is -0.662. The monoisotopic (exact) mass is 403 g/mol. The lowest BCUT2D eigenvalue weighted by Crippen LogP contribution is -2.56. The number of likely N-dealkylation sites (tertiary alicyclic amines) is 1. The Morgan fingerprint density at radius 3 is 2.70 bits per heavy atom. The van der Waals surface area contributed by atoms with Crippen LogP contribution in [-0.4, -0.2) is 57.3 Å². The van der Waals surface area contributed by atoms with Gasteiger partial charge in [0.2, 0.25) is 5.91 Å². The second-order valence-corrected chi connectivity index (χ2v) is 9.12. The predicted molar refractivity (Wildman–Crippen MR) is 108 cm³/mol. The molecule has 3 aliphatic heterocycles. The Balaban J connectivity index is 1.56. The molecular weight excluding hydrogens is 382 g/mol. The van der Waals surface area contributed by atoms with Gasteiger partial charge >= 0.3 is 6.03 Å². The van der Waals surface area contributed by atoms with Gasteiger partial charge in [-0.3, -0.25) is 14.6 Å². The summed E-state index contributed by atoms with van der Waals surface area (Å²) in [5, 5.41) is 9.95. The molecule has 8 heteroatoms. The molecule has 4 heterocycles. The van der Waals surface area contributed by atoms with E-state index in [4.69, 9.17) is 0 Å². The largest absolute Gasteiger partial charge is 0.334 e. The van der Waals surface area contributed by atoms with E-state index in [9.17, 15) is 19.6 Å². The summed E-state index contributed by atoms with van der Waals surface area (Å²) >= 11 is 0. The van der Waals surface area contributed by atoms with Crippen LogP contribution in [0.25, 0.3) is 10.9 Å². The van der Waals surface area contributed by atoms with Crippen molar-refractivity contribution < 1.29 is 14.4 Å². The van der Waals surface area contributed by atoms with E-state index < -0.39 is 11.5 Å². The Morgan fingerprint density at radius 2 is 2.00 bits per heavy atom. The van der Waals surface area contributed by atoms with Crippen LogP contribution in [0.4, 0.5) is 10.5 Å². The number of hydrogen-bond acceptors (Lipinski definition) is 5. The van der Waals surface area contributed by atoms with Crippen molar-refractivity contribution in [2.75, 3.05) is 11.4 Å². The lowest BCUT2D eigenvalue weighted by atomic mass is 9.93. The highest BCUT2D eigenvalue weighted by Crippen LogP contribution is 2.44. The van der Waals surface area contributed by atoms with Gasteiger partial charge in [0.05, 0.1) is 28.9 Å². The molecule has 5 rings (SSSR count). The number of hydrogen-bond donors (Lipinski definition) is 0. The van der Waals surface area contributed by atoms with Crippen LogP contribution in [0.1, 0.15) is 32.8 Å². The molecule has 3 atom stereocenters. The number of imide groups is 1. The Hall–Kier alpha value is -3.47. The Morgan fingerprint density at radius 1 is 1.23 bits per heavy atom. The summed E-state index contributed by atoms with van der Waals surface area (Å²) < 4.78 is 0. The molecular formula is C22H21N5O3. The first kappa shape index (κ1) is 18.6. The third-order valence-corrected chi connectivity index (χ3v) is 6.27. The molecule has 3 fully saturated rings. The van der Waals surface area contributed by atoms with Crippen molar-refractivity contribution >= 4 is 34.4 Å². The molecule has 30 heavy (non-hydrogen) atoms. The second-order valence-electron chi connectivity index (χ2n) is 9.12. The first-order valence-corrected chi connectivity index (χ1v) is 9.99. The van der Waals surface area contributed by atoms with Crippen LogP contribution < -0.4 is 4.90 Å². The number of benzene rings is 1. The number of nitrogens with zero attached hydrogens (tertiary/aromatic N) is 5. The lowest BCUT2D eigenvalue weighted by molar-refractivity contribution is -0.143. The van der Waals surface area contributed by atoms with Crippen molar-refractivity contribution in [3.05, 3.63) is 36.0 Å². The normalized spacial score (nSPS) is 25.3. The second kappa shape index (κ2) is 6.02. The van der Waals surface area contributed by atoms with Crippen LogP contribution in [0, 0.1) is 16.7 Å². The predicted octanol–water partition coefficient (Wildman–Crippen LogP) is 2.27. The summed E-state index contributed by atoms with van der Waals surface area (Å²) in [6.07, 6.45) is 2.21. The van der Waals surface area contributed by atoms with E-state index in [-0.39, 0.29) is 29.9 Å². The van der Waals surface area contributed by atoms with Gasteiger partial charge < -0.3 is 9.80 Å². The number of aromatic nitrogens is 1. The quantitative estimate of drug-likeness (QED) is 0.681. The van der Waals surface area contributed by atoms with E-state index in [0.717, 1.165) is 0 Å². The molecule has 2 bridgehead atoms. The number of nitriles is 1. The van der Waals surface area contributed by atoms with Crippen LogP contribution in [0.2, 0.25) is 0 Å². The summed E-state index contributed by atoms with van der Waals surface area (Å²) in [7, 11) is 0. The Kier molecular flexibility index (Phi) is 3.72. The summed E-state index contributed by atoms with van der Waals surface area (Å²) in [4.78, 5) is 48.5. The number of urea groups is 1. The van der Waals surface area contributed by atoms with E-state index in [0.29, 0.717) is 35.1 Å². The Labute approximate surface area is 173 Å². The van der Waals surface area contributed by atoms with Gasteiger partial charge in [-0.2, -0.15) is 5.26 Å². The lowest BCUT2D eigenvalue weighted by Gasteiger charge is -2.37. The van der Waals surface area contributed by atoms with E-state index in [2.05, 4.69) is 11.1 Å². The molecule has 3 aliphatic rings. The van der Waals surface area contributed by atoms with Crippen LogP contribution in [0.15, 0.2) is 30.5 Å². The fraction of sp³-hybridized carbons (Fsp3) is 0.409. The molecule has 0 saturated carbocycles. The summed E-state index contributed by atoms with van der Waals surface area (Å²) in [6.45, 7) is 6.05. The van der Waals surface area contributed by atoms with Gasteiger partial charge in [-0.15, -0.1) is 0 Å². The van der Waals surface area contributed by atoms with Gasteiger partial charge in [0.25, 0.3) is 5.91 Å². The average Bonchev–Trinajstić information content (AvgIpc) is 3.37. The average molecular weight is 403 g/mol. The maximum absolute atomic E-state index is 13.4. The van der Waals surface area contributed by atoms with Gasteiger partial charge in [0, 0.05) is 23.5 Å². The Bertz CT molecular complexity index is 1160. The van der Waals surface area contributed by atoms with Crippen LogP contribution >= 0.6 is 0 Å². The van der Waals surface area contributed by atoms with Gasteiger partial charge in [0.1, 0.15) is 12.1 Å². The molecule has 0 aliphatic carbocycles. The van der Waals surface area contributed by atoms with Crippen molar-refractivity contribution in [2.45, 2.75) is 45.3 Å². The highest BCUT2D eigenvalue weighted by molar-refractivity contribution is 6.25. The van der Waals surface area contributed by atoms with E-state index in [1.165, 1.54) is 4.90 Å². The van der Waals surface area contributed by atoms with Crippen LogP contribution in [-0.2, 0) is 9.59 Å². The molecule has 1 aromatic carbocycles. The van der Waals surface area contributed by atoms with Gasteiger partial charge in [0.15, 0.2) is 0 Å². The van der Waals surface area contributed by atoms with Crippen LogP contribution in [0.5, 0.6) is 0 Å². The number of piperazine rings is 1. The topological polar surface area (TPSA) is 97.6 Å². The van der Waals surface area contributed by atoms with Gasteiger partial charge in [-0.25, -0.2) is 9.69 Å². The molecule has 4 amide bonds. The summed E-state index contributed by atoms with van der Waals surface area (Å²) in [5.74, 6) is -0.324. The molecule has 0 radical (unpaired) electrons. The van der Waals surface area contributed by atoms with Crippen molar-refractivity contribution in [2.24, 2.45) is 5.41 Å². The highest BCUT2D eigenvalue weighted by atomic mass is 16.2. The van der Waals surface area contributed by atoms with Crippen molar-refractivity contribution in [3.8, 4) is 6.07 Å². The standard InChI is InChI=1S/C22H21N5O3/c1-22(2,3)20(29)25-11-13-9-16(25)18-19(28)27(21(30)26(13)18)15-7-6-12(10-23)17-14(15)5-4-8-24-17/h4-8,13,16,18H,9,11H2,1-3H3/t13-,16-,18-/m0/s1. The maximum Gasteiger partial charge on any atom is 0.332 e. The summed E-state index contributed by atoms with van der Waals surface area (Å²) in [5.41, 5.74) is 0.721. The SMILES string of the molecule is CC(C)(C)C(=O)N1C[C@@H]2C[C@H]1[C@H]1C(=O)N(c3ccc(C#N)c4ncccc34)C(=O)N21. The smallest absolute Gasteiger partial charge is 0.332 e. The highest BCUT2D eigenvalue weighted by Gasteiger charge is 2.63. The van der Waals surface area contributed by atoms with Crippen molar-refractivity contribution in [1.82, 2.24) is 14.8 Å². The number of carbonyl (C=O) groups excluding carboxylic acids is 3. The molecule has 0 unspecified atom stereocenters. The van der Waals surface area contributed by atoms with E-state index in [1.54, 1.807) is 40.3 Å². The van der Waals surface area contributed by atoms with Gasteiger partial charge in [-0.05, 0) is 30.7 Å². The van der Waals surface area contributed by atoms with E-state index in [1.807, 2.05) is 20.8 Å². The molecule has 1 aromatic heterocycles. The maximum atomic E-state index is 13.4. The van der Waals surface area contributed by atoms with Crippen LogP contribution in [0.3, 0.4) is 0 Å². The fourth-order valence-electron chi connectivity index (χ4n) is 4.99. The minimum absolute atomic E-state index is 0.00127. The fourth-order valence-corrected chi connectivity index (χ4v) is 4.99. The zero-order valence-corrected chi connectivity index (χ0v) is 17.0. The molecule has 0 N–H and O–H groups in total. The zero-order valence-electron chi connectivity index (χ0n) is 17.0. The molecule has 8 nitrogen and oxygen atoms in total. The van der Waals surface area contributed by atoms with Crippen molar-refractivity contribution in [1.29, 1.82) is 5.26 Å². The van der Waals surface area contributed by atoms with Gasteiger partial charge in [-0.1, -0.05) is 20.8 Å². The van der Waals surface area contributed by atoms with Crippen molar-refractivity contribution in [3.63, 3.8) is 0 Å². The first-order chi connectivity index (χ1) is 14.2. The molecule has 2 aromatic rings. The number of carbonyl (C=O) groups is 3. The third kappa shape index (κ3) is 2.32.